The van der Waals surface area contributed by atoms with Crippen LogP contribution >= 0.6 is 0 Å². The highest BCUT2D eigenvalue weighted by Gasteiger charge is 2.28. The van der Waals surface area contributed by atoms with Gasteiger partial charge in [-0.15, -0.1) is 0 Å². The lowest BCUT2D eigenvalue weighted by molar-refractivity contribution is 0.316. The second-order valence-electron chi connectivity index (χ2n) is 6.98. The zero-order valence-electron chi connectivity index (χ0n) is 15.7. The number of ether oxygens (including phenoxy) is 1. The van der Waals surface area contributed by atoms with Crippen LogP contribution in [0.25, 0.3) is 0 Å². The second-order valence-corrected chi connectivity index (χ2v) is 6.98. The van der Waals surface area contributed by atoms with Gasteiger partial charge in [-0.1, -0.05) is 41.6 Å². The molecule has 6 heteroatoms. The molecular weight excluding hydrogens is 352 g/mol. The van der Waals surface area contributed by atoms with Crippen molar-refractivity contribution in [2.45, 2.75) is 25.7 Å². The van der Waals surface area contributed by atoms with Gasteiger partial charge in [-0.25, -0.2) is 9.97 Å². The fourth-order valence-corrected chi connectivity index (χ4v) is 3.66. The highest BCUT2D eigenvalue weighted by atomic mass is 16.5. The maximum absolute atomic E-state index is 9.47. The number of nitrogens with one attached hydrogen (secondary N) is 1. The molecule has 1 atom stereocenters. The van der Waals surface area contributed by atoms with Crippen molar-refractivity contribution < 1.29 is 9.94 Å². The van der Waals surface area contributed by atoms with E-state index in [-0.39, 0.29) is 0 Å². The molecule has 0 aliphatic heterocycles. The van der Waals surface area contributed by atoms with Gasteiger partial charge in [0.25, 0.3) is 0 Å². The normalized spacial score (nSPS) is 19.8. The number of fused-ring (bicyclic) bond motifs is 1. The van der Waals surface area contributed by atoms with Crippen LogP contribution in [0, 0.1) is 5.92 Å². The molecule has 0 radical (unpaired) electrons. The Morgan fingerprint density at radius 3 is 2.86 bits per heavy atom. The fraction of sp³-hybridized carbons (Fsp3) is 0.318. The topological polar surface area (TPSA) is 79.6 Å². The SMILES string of the molecule is O/N=C1\CC(C2=CCCC=C2)Cc2nc(NCCOc3ccccc3)ncc21. The van der Waals surface area contributed by atoms with E-state index in [0.717, 1.165) is 36.3 Å². The van der Waals surface area contributed by atoms with E-state index in [1.54, 1.807) is 6.20 Å². The zero-order valence-corrected chi connectivity index (χ0v) is 15.7. The summed E-state index contributed by atoms with van der Waals surface area (Å²) in [5.74, 6) is 1.71. The fourth-order valence-electron chi connectivity index (χ4n) is 3.66. The van der Waals surface area contributed by atoms with Crippen molar-refractivity contribution in [1.82, 2.24) is 9.97 Å². The van der Waals surface area contributed by atoms with Gasteiger partial charge in [0.15, 0.2) is 0 Å². The molecule has 2 aliphatic rings. The van der Waals surface area contributed by atoms with Crippen molar-refractivity contribution in [2.24, 2.45) is 11.1 Å². The Kier molecular flexibility index (Phi) is 5.66. The van der Waals surface area contributed by atoms with Gasteiger partial charge in [-0.3, -0.25) is 0 Å². The molecule has 0 spiro atoms. The molecule has 0 bridgehead atoms. The molecule has 2 aliphatic carbocycles. The highest BCUT2D eigenvalue weighted by molar-refractivity contribution is 6.02. The first kappa shape index (κ1) is 18.2. The van der Waals surface area contributed by atoms with Gasteiger partial charge in [0.05, 0.1) is 18.0 Å². The van der Waals surface area contributed by atoms with Gasteiger partial charge < -0.3 is 15.3 Å². The van der Waals surface area contributed by atoms with Crippen molar-refractivity contribution in [3.8, 4) is 5.75 Å². The van der Waals surface area contributed by atoms with E-state index in [0.29, 0.717) is 37.2 Å². The van der Waals surface area contributed by atoms with Crippen LogP contribution in [0.5, 0.6) is 5.75 Å². The molecule has 144 valence electrons. The summed E-state index contributed by atoms with van der Waals surface area (Å²) < 4.78 is 5.69. The quantitative estimate of drug-likeness (QED) is 0.453. The third kappa shape index (κ3) is 4.22. The molecule has 1 aromatic heterocycles. The van der Waals surface area contributed by atoms with Gasteiger partial charge in [-0.2, -0.15) is 0 Å². The van der Waals surface area contributed by atoms with Gasteiger partial charge in [0.1, 0.15) is 12.4 Å². The standard InChI is InChI=1S/C22H24N4O2/c27-26-21-14-17(16-7-3-1-4-8-16)13-20-19(21)15-24-22(25-20)23-11-12-28-18-9-5-2-6-10-18/h2-3,5-10,15,17,27H,1,4,11-14H2,(H,23,24,25)/b26-21+. The minimum Gasteiger partial charge on any atom is -0.492 e. The summed E-state index contributed by atoms with van der Waals surface area (Å²) in [5.41, 5.74) is 3.73. The third-order valence-corrected chi connectivity index (χ3v) is 5.07. The molecule has 0 fully saturated rings. The monoisotopic (exact) mass is 376 g/mol. The summed E-state index contributed by atoms with van der Waals surface area (Å²) in [6, 6.07) is 9.72. The smallest absolute Gasteiger partial charge is 0.223 e. The van der Waals surface area contributed by atoms with Crippen molar-refractivity contribution in [3.05, 3.63) is 71.6 Å². The van der Waals surface area contributed by atoms with Gasteiger partial charge in [0.2, 0.25) is 5.95 Å². The largest absolute Gasteiger partial charge is 0.492 e. The zero-order chi connectivity index (χ0) is 19.2. The number of allylic oxidation sites excluding steroid dienone is 4. The van der Waals surface area contributed by atoms with Crippen LogP contribution in [0.15, 0.2) is 65.5 Å². The van der Waals surface area contributed by atoms with Gasteiger partial charge in [0, 0.05) is 18.2 Å². The summed E-state index contributed by atoms with van der Waals surface area (Å²) in [4.78, 5) is 9.05. The van der Waals surface area contributed by atoms with E-state index in [1.807, 2.05) is 30.3 Å². The van der Waals surface area contributed by atoms with Crippen LogP contribution in [0.3, 0.4) is 0 Å². The predicted octanol–water partition coefficient (Wildman–Crippen LogP) is 3.98. The summed E-state index contributed by atoms with van der Waals surface area (Å²) in [6.45, 7) is 1.13. The minimum absolute atomic E-state index is 0.291. The maximum Gasteiger partial charge on any atom is 0.223 e. The third-order valence-electron chi connectivity index (χ3n) is 5.07. The number of hydrogen-bond donors (Lipinski definition) is 2. The number of hydrogen-bond acceptors (Lipinski definition) is 6. The molecular formula is C22H24N4O2. The Morgan fingerprint density at radius 2 is 2.07 bits per heavy atom. The summed E-state index contributed by atoms with van der Waals surface area (Å²) in [5, 5.41) is 16.2. The van der Waals surface area contributed by atoms with Crippen molar-refractivity contribution in [3.63, 3.8) is 0 Å². The Hall–Kier alpha value is -3.15. The second kappa shape index (κ2) is 8.69. The highest BCUT2D eigenvalue weighted by Crippen LogP contribution is 2.32. The Labute approximate surface area is 164 Å². The van der Waals surface area contributed by atoms with Crippen LogP contribution in [0.1, 0.15) is 30.5 Å². The van der Waals surface area contributed by atoms with Crippen LogP contribution in [-0.4, -0.2) is 34.0 Å². The van der Waals surface area contributed by atoms with Crippen molar-refractivity contribution in [1.29, 1.82) is 0 Å². The maximum atomic E-state index is 9.47. The van der Waals surface area contributed by atoms with E-state index < -0.39 is 0 Å². The first-order valence-electron chi connectivity index (χ1n) is 9.69. The summed E-state index contributed by atoms with van der Waals surface area (Å²) in [7, 11) is 0. The van der Waals surface area contributed by atoms with E-state index in [9.17, 15) is 5.21 Å². The van der Waals surface area contributed by atoms with Crippen molar-refractivity contribution in [2.75, 3.05) is 18.5 Å². The molecule has 6 nitrogen and oxygen atoms in total. The number of benzene rings is 1. The molecule has 0 saturated carbocycles. The van der Waals surface area contributed by atoms with Crippen LogP contribution in [0.4, 0.5) is 5.95 Å². The summed E-state index contributed by atoms with van der Waals surface area (Å²) in [6.07, 6.45) is 12.1. The van der Waals surface area contributed by atoms with E-state index >= 15 is 0 Å². The van der Waals surface area contributed by atoms with E-state index in [4.69, 9.17) is 4.74 Å². The molecule has 0 saturated heterocycles. The van der Waals surface area contributed by atoms with Gasteiger partial charge >= 0.3 is 0 Å². The predicted molar refractivity (Wildman–Crippen MR) is 109 cm³/mol. The first-order chi connectivity index (χ1) is 13.8. The summed E-state index contributed by atoms with van der Waals surface area (Å²) >= 11 is 0. The average Bonchev–Trinajstić information content (AvgIpc) is 2.77. The molecule has 28 heavy (non-hydrogen) atoms. The lowest BCUT2D eigenvalue weighted by atomic mass is 9.80. The number of oxime groups is 1. The molecule has 0 amide bonds. The first-order valence-corrected chi connectivity index (χ1v) is 9.69. The number of aromatic nitrogens is 2. The van der Waals surface area contributed by atoms with E-state index in [2.05, 4.69) is 38.7 Å². The number of rotatable bonds is 6. The molecule has 1 aromatic carbocycles. The van der Waals surface area contributed by atoms with Gasteiger partial charge in [-0.05, 0) is 42.9 Å². The molecule has 1 heterocycles. The average molecular weight is 376 g/mol. The molecule has 2 N–H and O–H groups in total. The lowest BCUT2D eigenvalue weighted by Gasteiger charge is -2.26. The van der Waals surface area contributed by atoms with Crippen LogP contribution in [0.2, 0.25) is 0 Å². The molecule has 2 aromatic rings. The molecule has 4 rings (SSSR count). The minimum atomic E-state index is 0.291. The number of para-hydroxylation sites is 1. The number of nitrogens with zero attached hydrogens (tertiary/aromatic N) is 3. The Morgan fingerprint density at radius 1 is 1.18 bits per heavy atom. The Bertz CT molecular complexity index is 906. The van der Waals surface area contributed by atoms with Crippen molar-refractivity contribution >= 4 is 11.7 Å². The van der Waals surface area contributed by atoms with Crippen LogP contribution in [-0.2, 0) is 6.42 Å². The number of anilines is 1. The van der Waals surface area contributed by atoms with E-state index in [1.165, 1.54) is 5.57 Å². The van der Waals surface area contributed by atoms with Crippen LogP contribution < -0.4 is 10.1 Å². The Balaban J connectivity index is 1.41. The lowest BCUT2D eigenvalue weighted by Crippen LogP contribution is -2.25. The molecule has 1 unspecified atom stereocenters.